The van der Waals surface area contributed by atoms with Crippen molar-refractivity contribution in [3.8, 4) is 0 Å². The zero-order valence-corrected chi connectivity index (χ0v) is 12.6. The van der Waals surface area contributed by atoms with Gasteiger partial charge in [0.15, 0.2) is 0 Å². The fourth-order valence-corrected chi connectivity index (χ4v) is 2.21. The number of nitrogens with two attached hydrogens (primary N) is 1. The Kier molecular flexibility index (Phi) is 4.78. The summed E-state index contributed by atoms with van der Waals surface area (Å²) in [6, 6.07) is 15.8. The summed E-state index contributed by atoms with van der Waals surface area (Å²) in [5.74, 6) is -0.121. The van der Waals surface area contributed by atoms with Gasteiger partial charge in [-0.05, 0) is 30.7 Å². The minimum absolute atomic E-state index is 0.0542. The van der Waals surface area contributed by atoms with Crippen LogP contribution in [0.3, 0.4) is 0 Å². The summed E-state index contributed by atoms with van der Waals surface area (Å²) >= 11 is 0. The van der Waals surface area contributed by atoms with Gasteiger partial charge in [0.1, 0.15) is 0 Å². The number of anilines is 1. The second-order valence-corrected chi connectivity index (χ2v) is 5.07. The number of hydrogen-bond acceptors (Lipinski definition) is 2. The first-order valence-electron chi connectivity index (χ1n) is 6.97. The highest BCUT2D eigenvalue weighted by atomic mass is 16.2. The number of rotatable bonds is 4. The van der Waals surface area contributed by atoms with Crippen molar-refractivity contribution < 1.29 is 9.59 Å². The van der Waals surface area contributed by atoms with Crippen molar-refractivity contribution in [1.82, 2.24) is 4.90 Å². The first kappa shape index (κ1) is 15.6. The Bertz CT molecular complexity index is 671. The van der Waals surface area contributed by atoms with Crippen LogP contribution in [0.25, 0.3) is 0 Å². The molecule has 3 N–H and O–H groups in total. The fraction of sp³-hybridized carbons (Fsp3) is 0.176. The van der Waals surface area contributed by atoms with Gasteiger partial charge in [-0.15, -0.1) is 0 Å². The van der Waals surface area contributed by atoms with Crippen molar-refractivity contribution in [3.63, 3.8) is 0 Å². The second kappa shape index (κ2) is 6.76. The van der Waals surface area contributed by atoms with Crippen LogP contribution in [0, 0.1) is 0 Å². The van der Waals surface area contributed by atoms with Crippen LogP contribution in [0.1, 0.15) is 28.9 Å². The molecular weight excluding hydrogens is 278 g/mol. The smallest absolute Gasteiger partial charge is 0.316 e. The van der Waals surface area contributed by atoms with Gasteiger partial charge >= 0.3 is 6.03 Å². The summed E-state index contributed by atoms with van der Waals surface area (Å²) in [6.07, 6.45) is 0. The first-order chi connectivity index (χ1) is 10.5. The zero-order valence-electron chi connectivity index (χ0n) is 12.6. The summed E-state index contributed by atoms with van der Waals surface area (Å²) in [4.78, 5) is 25.1. The highest BCUT2D eigenvalue weighted by Crippen LogP contribution is 2.21. The standard InChI is InChI=1S/C17H19N3O2/c1-12(13-7-4-3-5-8-13)20(2)16(21)14-9-6-10-15(11-14)19-17(18)22/h3-12H,1-2H3,(H3,18,19,22)/t12-/m1/s1. The van der Waals surface area contributed by atoms with Crippen LogP contribution in [-0.4, -0.2) is 23.9 Å². The van der Waals surface area contributed by atoms with Crippen LogP contribution >= 0.6 is 0 Å². The van der Waals surface area contributed by atoms with Gasteiger partial charge in [0, 0.05) is 18.3 Å². The lowest BCUT2D eigenvalue weighted by Gasteiger charge is -2.25. The first-order valence-corrected chi connectivity index (χ1v) is 6.97. The molecule has 0 aliphatic carbocycles. The van der Waals surface area contributed by atoms with Crippen molar-refractivity contribution in [1.29, 1.82) is 0 Å². The maximum atomic E-state index is 12.6. The average Bonchev–Trinajstić information content (AvgIpc) is 2.53. The number of carbonyl (C=O) groups is 2. The molecule has 0 spiro atoms. The van der Waals surface area contributed by atoms with Gasteiger partial charge in [-0.1, -0.05) is 36.4 Å². The molecule has 5 nitrogen and oxygen atoms in total. The van der Waals surface area contributed by atoms with Gasteiger partial charge < -0.3 is 16.0 Å². The minimum atomic E-state index is -0.657. The third-order valence-electron chi connectivity index (χ3n) is 3.56. The number of hydrogen-bond donors (Lipinski definition) is 2. The molecule has 0 heterocycles. The molecule has 0 unspecified atom stereocenters. The van der Waals surface area contributed by atoms with E-state index in [1.54, 1.807) is 36.2 Å². The second-order valence-electron chi connectivity index (χ2n) is 5.07. The van der Waals surface area contributed by atoms with Gasteiger partial charge in [-0.2, -0.15) is 0 Å². The molecule has 22 heavy (non-hydrogen) atoms. The summed E-state index contributed by atoms with van der Waals surface area (Å²) in [7, 11) is 1.76. The molecule has 0 aromatic heterocycles. The van der Waals surface area contributed by atoms with Crippen LogP contribution in [-0.2, 0) is 0 Å². The molecule has 2 aromatic carbocycles. The van der Waals surface area contributed by atoms with Gasteiger partial charge in [-0.25, -0.2) is 4.79 Å². The van der Waals surface area contributed by atoms with Crippen molar-refractivity contribution in [2.45, 2.75) is 13.0 Å². The number of carbonyl (C=O) groups excluding carboxylic acids is 2. The summed E-state index contributed by atoms with van der Waals surface area (Å²) < 4.78 is 0. The lowest BCUT2D eigenvalue weighted by atomic mass is 10.1. The quantitative estimate of drug-likeness (QED) is 0.910. The summed E-state index contributed by atoms with van der Waals surface area (Å²) in [6.45, 7) is 1.97. The van der Waals surface area contributed by atoms with Gasteiger partial charge in [0.25, 0.3) is 5.91 Å². The Morgan fingerprint density at radius 3 is 2.41 bits per heavy atom. The lowest BCUT2D eigenvalue weighted by molar-refractivity contribution is 0.0742. The number of urea groups is 1. The van der Waals surface area contributed by atoms with Gasteiger partial charge in [0.2, 0.25) is 0 Å². The molecule has 0 fully saturated rings. The van der Waals surface area contributed by atoms with Crippen LogP contribution in [0.5, 0.6) is 0 Å². The molecule has 0 saturated heterocycles. The van der Waals surface area contributed by atoms with Crippen molar-refractivity contribution in [2.75, 3.05) is 12.4 Å². The normalized spacial score (nSPS) is 11.5. The number of benzene rings is 2. The molecule has 1 atom stereocenters. The summed E-state index contributed by atoms with van der Waals surface area (Å²) in [5, 5.41) is 2.47. The van der Waals surface area contributed by atoms with E-state index >= 15 is 0 Å². The molecule has 0 bridgehead atoms. The average molecular weight is 297 g/mol. The van der Waals surface area contributed by atoms with Crippen LogP contribution in [0.2, 0.25) is 0 Å². The van der Waals surface area contributed by atoms with Crippen molar-refractivity contribution in [3.05, 3.63) is 65.7 Å². The topological polar surface area (TPSA) is 75.4 Å². The molecule has 0 saturated carbocycles. The minimum Gasteiger partial charge on any atom is -0.351 e. The van der Waals surface area contributed by atoms with E-state index in [4.69, 9.17) is 5.73 Å². The molecule has 0 aliphatic rings. The molecular formula is C17H19N3O2. The third-order valence-corrected chi connectivity index (χ3v) is 3.56. The van der Waals surface area contributed by atoms with Gasteiger partial charge in [0.05, 0.1) is 6.04 Å². The predicted molar refractivity (Wildman–Crippen MR) is 86.6 cm³/mol. The Hall–Kier alpha value is -2.82. The number of primary amides is 1. The number of nitrogens with one attached hydrogen (secondary N) is 1. The van der Waals surface area contributed by atoms with Crippen LogP contribution in [0.15, 0.2) is 54.6 Å². The maximum Gasteiger partial charge on any atom is 0.316 e. The van der Waals surface area contributed by atoms with Crippen molar-refractivity contribution >= 4 is 17.6 Å². The van der Waals surface area contributed by atoms with E-state index in [1.165, 1.54) is 0 Å². The van der Waals surface area contributed by atoms with E-state index in [-0.39, 0.29) is 11.9 Å². The third kappa shape index (κ3) is 3.63. The lowest BCUT2D eigenvalue weighted by Crippen LogP contribution is -2.29. The predicted octanol–water partition coefficient (Wildman–Crippen LogP) is 3.01. The van der Waals surface area contributed by atoms with E-state index < -0.39 is 6.03 Å². The van der Waals surface area contributed by atoms with E-state index in [2.05, 4.69) is 5.32 Å². The van der Waals surface area contributed by atoms with Gasteiger partial charge in [-0.3, -0.25) is 4.79 Å². The van der Waals surface area contributed by atoms with E-state index in [1.807, 2.05) is 37.3 Å². The molecule has 0 radical (unpaired) electrons. The number of amides is 3. The Morgan fingerprint density at radius 1 is 1.09 bits per heavy atom. The monoisotopic (exact) mass is 297 g/mol. The highest BCUT2D eigenvalue weighted by Gasteiger charge is 2.19. The molecule has 5 heteroatoms. The van der Waals surface area contributed by atoms with Crippen LogP contribution in [0.4, 0.5) is 10.5 Å². The van der Waals surface area contributed by atoms with E-state index in [9.17, 15) is 9.59 Å². The van der Waals surface area contributed by atoms with Crippen molar-refractivity contribution in [2.24, 2.45) is 5.73 Å². The molecule has 2 aromatic rings. The Morgan fingerprint density at radius 2 is 1.77 bits per heavy atom. The van der Waals surface area contributed by atoms with E-state index in [0.717, 1.165) is 5.56 Å². The van der Waals surface area contributed by atoms with E-state index in [0.29, 0.717) is 11.3 Å². The largest absolute Gasteiger partial charge is 0.351 e. The molecule has 2 rings (SSSR count). The molecule has 114 valence electrons. The van der Waals surface area contributed by atoms with Crippen LogP contribution < -0.4 is 11.1 Å². The maximum absolute atomic E-state index is 12.6. The Labute approximate surface area is 129 Å². The fourth-order valence-electron chi connectivity index (χ4n) is 2.21. The number of nitrogens with zero attached hydrogens (tertiary/aromatic N) is 1. The SMILES string of the molecule is C[C@H](c1ccccc1)N(C)C(=O)c1cccc(NC(N)=O)c1. The summed E-state index contributed by atoms with van der Waals surface area (Å²) in [5.41, 5.74) is 7.15. The Balaban J connectivity index is 2.18. The highest BCUT2D eigenvalue weighted by molar-refractivity contribution is 5.96. The molecule has 0 aliphatic heterocycles. The zero-order chi connectivity index (χ0) is 16.1. The molecule has 3 amide bonds.